The van der Waals surface area contributed by atoms with Gasteiger partial charge in [-0.1, -0.05) is 25.1 Å². The number of benzene rings is 1. The van der Waals surface area contributed by atoms with Gasteiger partial charge < -0.3 is 4.90 Å². The monoisotopic (exact) mass is 255 g/mol. The molecule has 3 heteroatoms. The summed E-state index contributed by atoms with van der Waals surface area (Å²) in [5.74, 6) is 1.52. The zero-order chi connectivity index (χ0) is 12.7. The predicted molar refractivity (Wildman–Crippen MR) is 75.0 cm³/mol. The second kappa shape index (κ2) is 7.72. The summed E-state index contributed by atoms with van der Waals surface area (Å²) in [6.45, 7) is 3.93. The van der Waals surface area contributed by atoms with E-state index in [0.717, 1.165) is 30.7 Å². The van der Waals surface area contributed by atoms with E-state index in [0.29, 0.717) is 12.5 Å². The molecule has 0 spiro atoms. The highest BCUT2D eigenvalue weighted by Crippen LogP contribution is 2.12. The molecule has 0 aliphatic rings. The lowest BCUT2D eigenvalue weighted by Crippen LogP contribution is -2.21. The van der Waals surface area contributed by atoms with Gasteiger partial charge in [0.15, 0.2) is 0 Å². The van der Waals surface area contributed by atoms with E-state index in [1.54, 1.807) is 6.07 Å². The standard InChI is InChI=1S/C14H22FNS/c1-12(8-10-17)7-9-16(2)11-13-5-3-4-6-14(13)15/h3-6,12,17H,7-11H2,1-2H3. The first-order valence-electron chi connectivity index (χ1n) is 6.16. The van der Waals surface area contributed by atoms with Crippen molar-refractivity contribution >= 4 is 12.6 Å². The van der Waals surface area contributed by atoms with Crippen LogP contribution in [0.5, 0.6) is 0 Å². The Kier molecular flexibility index (Phi) is 6.60. The van der Waals surface area contributed by atoms with E-state index in [2.05, 4.69) is 24.5 Å². The molecule has 0 heterocycles. The van der Waals surface area contributed by atoms with Crippen LogP contribution in [-0.4, -0.2) is 24.2 Å². The summed E-state index contributed by atoms with van der Waals surface area (Å²) >= 11 is 4.23. The van der Waals surface area contributed by atoms with Crippen LogP contribution in [0, 0.1) is 11.7 Å². The Morgan fingerprint density at radius 1 is 1.29 bits per heavy atom. The molecular formula is C14H22FNS. The summed E-state index contributed by atoms with van der Waals surface area (Å²) in [5.41, 5.74) is 0.775. The van der Waals surface area contributed by atoms with Gasteiger partial charge in [0.05, 0.1) is 0 Å². The maximum absolute atomic E-state index is 13.4. The van der Waals surface area contributed by atoms with E-state index in [1.165, 1.54) is 6.07 Å². The maximum Gasteiger partial charge on any atom is 0.127 e. The zero-order valence-corrected chi connectivity index (χ0v) is 11.6. The molecule has 1 rings (SSSR count). The van der Waals surface area contributed by atoms with Gasteiger partial charge in [0.1, 0.15) is 5.82 Å². The fourth-order valence-corrected chi connectivity index (χ4v) is 2.24. The summed E-state index contributed by atoms with van der Waals surface area (Å²) in [7, 11) is 2.04. The Hall–Kier alpha value is -0.540. The molecule has 0 N–H and O–H groups in total. The second-order valence-corrected chi connectivity index (χ2v) is 5.18. The van der Waals surface area contributed by atoms with Crippen molar-refractivity contribution in [3.05, 3.63) is 35.6 Å². The van der Waals surface area contributed by atoms with E-state index in [1.807, 2.05) is 19.2 Å². The molecule has 17 heavy (non-hydrogen) atoms. The van der Waals surface area contributed by atoms with Crippen molar-refractivity contribution in [1.29, 1.82) is 0 Å². The summed E-state index contributed by atoms with van der Waals surface area (Å²) in [6.07, 6.45) is 2.29. The lowest BCUT2D eigenvalue weighted by Gasteiger charge is -2.19. The number of thiol groups is 1. The van der Waals surface area contributed by atoms with Gasteiger partial charge in [-0.25, -0.2) is 4.39 Å². The SMILES string of the molecule is CC(CCS)CCN(C)Cc1ccccc1F. The van der Waals surface area contributed by atoms with Crippen LogP contribution in [0.3, 0.4) is 0 Å². The van der Waals surface area contributed by atoms with E-state index in [4.69, 9.17) is 0 Å². The first-order valence-corrected chi connectivity index (χ1v) is 6.79. The Balaban J connectivity index is 2.34. The Labute approximate surface area is 109 Å². The predicted octanol–water partition coefficient (Wildman–Crippen LogP) is 3.60. The van der Waals surface area contributed by atoms with Crippen LogP contribution in [0.15, 0.2) is 24.3 Å². The van der Waals surface area contributed by atoms with Crippen LogP contribution in [0.2, 0.25) is 0 Å². The summed E-state index contributed by atoms with van der Waals surface area (Å²) in [4.78, 5) is 2.17. The number of hydrogen-bond donors (Lipinski definition) is 1. The molecule has 0 bridgehead atoms. The highest BCUT2D eigenvalue weighted by atomic mass is 32.1. The van der Waals surface area contributed by atoms with Crippen LogP contribution in [-0.2, 0) is 6.54 Å². The van der Waals surface area contributed by atoms with E-state index < -0.39 is 0 Å². The topological polar surface area (TPSA) is 3.24 Å². The Bertz CT molecular complexity index is 330. The van der Waals surface area contributed by atoms with E-state index in [-0.39, 0.29) is 5.82 Å². The van der Waals surface area contributed by atoms with Crippen molar-refractivity contribution in [2.24, 2.45) is 5.92 Å². The third kappa shape index (κ3) is 5.55. The number of rotatable bonds is 7. The molecule has 0 aliphatic heterocycles. The molecule has 1 unspecified atom stereocenters. The highest BCUT2D eigenvalue weighted by molar-refractivity contribution is 7.80. The van der Waals surface area contributed by atoms with Gasteiger partial charge in [0.2, 0.25) is 0 Å². The first kappa shape index (κ1) is 14.5. The minimum atomic E-state index is -0.109. The summed E-state index contributed by atoms with van der Waals surface area (Å²) in [5, 5.41) is 0. The molecule has 96 valence electrons. The van der Waals surface area contributed by atoms with Crippen molar-refractivity contribution in [2.45, 2.75) is 26.3 Å². The van der Waals surface area contributed by atoms with Crippen LogP contribution >= 0.6 is 12.6 Å². The van der Waals surface area contributed by atoms with Gasteiger partial charge in [-0.3, -0.25) is 0 Å². The van der Waals surface area contributed by atoms with Crippen LogP contribution in [0.25, 0.3) is 0 Å². The quantitative estimate of drug-likeness (QED) is 0.729. The molecule has 1 aromatic rings. The zero-order valence-electron chi connectivity index (χ0n) is 10.7. The Morgan fingerprint density at radius 3 is 2.65 bits per heavy atom. The number of halogens is 1. The number of hydrogen-bond acceptors (Lipinski definition) is 2. The normalized spacial score (nSPS) is 13.0. The summed E-state index contributed by atoms with van der Waals surface area (Å²) in [6, 6.07) is 6.99. The van der Waals surface area contributed by atoms with E-state index >= 15 is 0 Å². The van der Waals surface area contributed by atoms with E-state index in [9.17, 15) is 4.39 Å². The molecule has 1 aromatic carbocycles. The number of nitrogens with zero attached hydrogens (tertiary/aromatic N) is 1. The van der Waals surface area contributed by atoms with Crippen molar-refractivity contribution in [3.63, 3.8) is 0 Å². The third-order valence-corrected chi connectivity index (χ3v) is 3.28. The third-order valence-electron chi connectivity index (χ3n) is 3.02. The molecule has 0 saturated carbocycles. The summed E-state index contributed by atoms with van der Waals surface area (Å²) < 4.78 is 13.4. The van der Waals surface area contributed by atoms with Gasteiger partial charge in [0.25, 0.3) is 0 Å². The smallest absolute Gasteiger partial charge is 0.127 e. The molecule has 0 aromatic heterocycles. The molecule has 0 amide bonds. The van der Waals surface area contributed by atoms with Gasteiger partial charge in [0, 0.05) is 12.1 Å². The van der Waals surface area contributed by atoms with Gasteiger partial charge in [-0.2, -0.15) is 12.6 Å². The highest BCUT2D eigenvalue weighted by Gasteiger charge is 2.07. The van der Waals surface area contributed by atoms with Crippen LogP contribution in [0.1, 0.15) is 25.3 Å². The minimum absolute atomic E-state index is 0.109. The van der Waals surface area contributed by atoms with Crippen molar-refractivity contribution in [1.82, 2.24) is 4.90 Å². The largest absolute Gasteiger partial charge is 0.302 e. The first-order chi connectivity index (χ1) is 8.13. The molecule has 0 aliphatic carbocycles. The van der Waals surface area contributed by atoms with Crippen LogP contribution < -0.4 is 0 Å². The minimum Gasteiger partial charge on any atom is -0.302 e. The average molecular weight is 255 g/mol. The van der Waals surface area contributed by atoms with Crippen molar-refractivity contribution in [3.8, 4) is 0 Å². The fraction of sp³-hybridized carbons (Fsp3) is 0.571. The second-order valence-electron chi connectivity index (χ2n) is 4.74. The molecular weight excluding hydrogens is 233 g/mol. The van der Waals surface area contributed by atoms with Gasteiger partial charge in [-0.15, -0.1) is 0 Å². The molecule has 1 atom stereocenters. The average Bonchev–Trinajstić information content (AvgIpc) is 2.30. The maximum atomic E-state index is 13.4. The van der Waals surface area contributed by atoms with Crippen molar-refractivity contribution < 1.29 is 4.39 Å². The Morgan fingerprint density at radius 2 is 2.00 bits per heavy atom. The lowest BCUT2D eigenvalue weighted by atomic mass is 10.0. The molecule has 1 nitrogen and oxygen atoms in total. The molecule has 0 radical (unpaired) electrons. The molecule has 0 fully saturated rings. The van der Waals surface area contributed by atoms with Crippen LogP contribution in [0.4, 0.5) is 4.39 Å². The fourth-order valence-electron chi connectivity index (χ4n) is 1.80. The lowest BCUT2D eigenvalue weighted by molar-refractivity contribution is 0.293. The van der Waals surface area contributed by atoms with Gasteiger partial charge in [-0.05, 0) is 44.2 Å². The van der Waals surface area contributed by atoms with Crippen molar-refractivity contribution in [2.75, 3.05) is 19.3 Å². The van der Waals surface area contributed by atoms with Gasteiger partial charge >= 0.3 is 0 Å². The molecule has 0 saturated heterocycles.